The largest absolute Gasteiger partial charge is 0.573 e. The molecule has 0 saturated carbocycles. The SMILES string of the molecule is COCCCNC(=NCc1ccccc1OC(F)(F)F)NCc1nnc(C)n1C. The Balaban J connectivity index is 2.09. The summed E-state index contributed by atoms with van der Waals surface area (Å²) in [5, 5.41) is 14.3. The molecule has 1 heterocycles. The summed E-state index contributed by atoms with van der Waals surface area (Å²) in [5.74, 6) is 1.64. The number of guanidine groups is 1. The average Bonchev–Trinajstić information content (AvgIpc) is 2.98. The van der Waals surface area contributed by atoms with Gasteiger partial charge in [0.2, 0.25) is 0 Å². The smallest absolute Gasteiger partial charge is 0.405 e. The normalized spacial score (nSPS) is 12.1. The number of halogens is 3. The maximum atomic E-state index is 12.6. The van der Waals surface area contributed by atoms with Crippen molar-refractivity contribution in [2.75, 3.05) is 20.3 Å². The van der Waals surface area contributed by atoms with Gasteiger partial charge < -0.3 is 24.7 Å². The Morgan fingerprint density at radius 3 is 2.62 bits per heavy atom. The van der Waals surface area contributed by atoms with Gasteiger partial charge in [0.25, 0.3) is 0 Å². The third-order valence-electron chi connectivity index (χ3n) is 4.02. The summed E-state index contributed by atoms with van der Waals surface area (Å²) in [7, 11) is 3.46. The molecular formula is C18H25F3N6O2. The lowest BCUT2D eigenvalue weighted by Gasteiger charge is -2.14. The molecule has 8 nitrogen and oxygen atoms in total. The highest BCUT2D eigenvalue weighted by Gasteiger charge is 2.31. The van der Waals surface area contributed by atoms with Crippen molar-refractivity contribution in [3.8, 4) is 5.75 Å². The molecule has 0 spiro atoms. The lowest BCUT2D eigenvalue weighted by atomic mass is 10.2. The minimum Gasteiger partial charge on any atom is -0.405 e. The number of aliphatic imine (C=N–C) groups is 1. The van der Waals surface area contributed by atoms with Crippen LogP contribution in [0.3, 0.4) is 0 Å². The topological polar surface area (TPSA) is 85.6 Å². The van der Waals surface area contributed by atoms with Crippen LogP contribution in [0.2, 0.25) is 0 Å². The summed E-state index contributed by atoms with van der Waals surface area (Å²) in [6, 6.07) is 5.92. The van der Waals surface area contributed by atoms with Gasteiger partial charge >= 0.3 is 6.36 Å². The quantitative estimate of drug-likeness (QED) is 0.372. The van der Waals surface area contributed by atoms with Crippen molar-refractivity contribution >= 4 is 5.96 Å². The van der Waals surface area contributed by atoms with E-state index in [4.69, 9.17) is 4.74 Å². The third-order valence-corrected chi connectivity index (χ3v) is 4.02. The number of methoxy groups -OCH3 is 1. The molecule has 0 bridgehead atoms. The van der Waals surface area contributed by atoms with E-state index in [9.17, 15) is 13.2 Å². The van der Waals surface area contributed by atoms with Crippen molar-refractivity contribution < 1.29 is 22.6 Å². The second kappa shape index (κ2) is 10.6. The molecule has 1 aromatic heterocycles. The molecule has 0 fully saturated rings. The van der Waals surface area contributed by atoms with Gasteiger partial charge in [0.05, 0.1) is 13.1 Å². The lowest BCUT2D eigenvalue weighted by molar-refractivity contribution is -0.274. The number of alkyl halides is 3. The number of rotatable bonds is 9. The minimum atomic E-state index is -4.76. The molecule has 0 radical (unpaired) electrons. The molecule has 0 aliphatic carbocycles. The van der Waals surface area contributed by atoms with Crippen LogP contribution in [0.1, 0.15) is 23.6 Å². The fourth-order valence-electron chi connectivity index (χ4n) is 2.39. The molecule has 2 N–H and O–H groups in total. The Bertz CT molecular complexity index is 807. The number of hydrogen-bond donors (Lipinski definition) is 2. The van der Waals surface area contributed by atoms with E-state index < -0.39 is 6.36 Å². The van der Waals surface area contributed by atoms with Crippen molar-refractivity contribution in [2.24, 2.45) is 12.0 Å². The molecule has 1 aromatic carbocycles. The van der Waals surface area contributed by atoms with Gasteiger partial charge in [-0.25, -0.2) is 4.99 Å². The van der Waals surface area contributed by atoms with Crippen molar-refractivity contribution in [1.29, 1.82) is 0 Å². The first-order chi connectivity index (χ1) is 13.8. The van der Waals surface area contributed by atoms with Crippen molar-refractivity contribution in [3.05, 3.63) is 41.5 Å². The second-order valence-corrected chi connectivity index (χ2v) is 6.17. The Hall–Kier alpha value is -2.82. The minimum absolute atomic E-state index is 0.00368. The van der Waals surface area contributed by atoms with Gasteiger partial charge in [-0.3, -0.25) is 0 Å². The Labute approximate surface area is 167 Å². The highest BCUT2D eigenvalue weighted by atomic mass is 19.4. The zero-order chi connectivity index (χ0) is 21.3. The van der Waals surface area contributed by atoms with Gasteiger partial charge in [0, 0.05) is 32.9 Å². The van der Waals surface area contributed by atoms with Crippen LogP contribution in [0.5, 0.6) is 5.75 Å². The Morgan fingerprint density at radius 2 is 1.97 bits per heavy atom. The van der Waals surface area contributed by atoms with Crippen LogP contribution < -0.4 is 15.4 Å². The zero-order valence-corrected chi connectivity index (χ0v) is 16.6. The third kappa shape index (κ3) is 7.60. The molecule has 160 valence electrons. The molecule has 11 heteroatoms. The molecule has 0 aliphatic heterocycles. The number of benzene rings is 1. The van der Waals surface area contributed by atoms with Crippen LogP contribution in [-0.2, 0) is 24.9 Å². The van der Waals surface area contributed by atoms with Gasteiger partial charge in [-0.15, -0.1) is 23.4 Å². The van der Waals surface area contributed by atoms with Gasteiger partial charge in [-0.1, -0.05) is 18.2 Å². The number of nitrogens with zero attached hydrogens (tertiary/aromatic N) is 4. The highest BCUT2D eigenvalue weighted by molar-refractivity contribution is 5.79. The van der Waals surface area contributed by atoms with E-state index in [1.165, 1.54) is 12.1 Å². The molecule has 2 rings (SSSR count). The number of para-hydroxylation sites is 1. The molecule has 0 saturated heterocycles. The molecule has 29 heavy (non-hydrogen) atoms. The first-order valence-corrected chi connectivity index (χ1v) is 9.00. The van der Waals surface area contributed by atoms with E-state index in [0.29, 0.717) is 37.0 Å². The molecule has 0 unspecified atom stereocenters. The van der Waals surface area contributed by atoms with Crippen LogP contribution in [0, 0.1) is 6.92 Å². The van der Waals surface area contributed by atoms with Crippen molar-refractivity contribution in [3.63, 3.8) is 0 Å². The predicted octanol–water partition coefficient (Wildman–Crippen LogP) is 2.29. The molecular weight excluding hydrogens is 389 g/mol. The number of aryl methyl sites for hydroxylation is 1. The zero-order valence-electron chi connectivity index (χ0n) is 16.6. The maximum Gasteiger partial charge on any atom is 0.573 e. The highest BCUT2D eigenvalue weighted by Crippen LogP contribution is 2.26. The lowest BCUT2D eigenvalue weighted by Crippen LogP contribution is -2.38. The first kappa shape index (κ1) is 22.5. The summed E-state index contributed by atoms with van der Waals surface area (Å²) in [4.78, 5) is 4.38. The van der Waals surface area contributed by atoms with E-state index >= 15 is 0 Å². The van der Waals surface area contributed by atoms with Crippen molar-refractivity contribution in [1.82, 2.24) is 25.4 Å². The van der Waals surface area contributed by atoms with Crippen LogP contribution in [-0.4, -0.2) is 47.3 Å². The summed E-state index contributed by atoms with van der Waals surface area (Å²) in [6.07, 6.45) is -4.02. The Morgan fingerprint density at radius 1 is 1.21 bits per heavy atom. The molecule has 0 amide bonds. The molecule has 0 atom stereocenters. The monoisotopic (exact) mass is 414 g/mol. The fraction of sp³-hybridized carbons (Fsp3) is 0.500. The average molecular weight is 414 g/mol. The van der Waals surface area contributed by atoms with Crippen LogP contribution >= 0.6 is 0 Å². The van der Waals surface area contributed by atoms with Gasteiger partial charge in [0.15, 0.2) is 11.8 Å². The summed E-state index contributed by atoms with van der Waals surface area (Å²) < 4.78 is 48.7. The molecule has 0 aliphatic rings. The predicted molar refractivity (Wildman–Crippen MR) is 101 cm³/mol. The van der Waals surface area contributed by atoms with Gasteiger partial charge in [-0.2, -0.15) is 0 Å². The van der Waals surface area contributed by atoms with Crippen molar-refractivity contribution in [2.45, 2.75) is 32.8 Å². The molecule has 2 aromatic rings. The summed E-state index contributed by atoms with van der Waals surface area (Å²) in [5.41, 5.74) is 0.317. The van der Waals surface area contributed by atoms with Gasteiger partial charge in [-0.05, 0) is 19.4 Å². The van der Waals surface area contributed by atoms with E-state index in [2.05, 4.69) is 30.6 Å². The second-order valence-electron chi connectivity index (χ2n) is 6.17. The van der Waals surface area contributed by atoms with Crippen LogP contribution in [0.15, 0.2) is 29.3 Å². The van der Waals surface area contributed by atoms with Gasteiger partial charge in [0.1, 0.15) is 11.6 Å². The maximum absolute atomic E-state index is 12.6. The first-order valence-electron chi connectivity index (χ1n) is 9.00. The van der Waals surface area contributed by atoms with Crippen LogP contribution in [0.25, 0.3) is 0 Å². The van der Waals surface area contributed by atoms with Crippen LogP contribution in [0.4, 0.5) is 13.2 Å². The number of hydrogen-bond acceptors (Lipinski definition) is 5. The van der Waals surface area contributed by atoms with E-state index in [1.807, 2.05) is 18.5 Å². The summed E-state index contributed by atoms with van der Waals surface area (Å²) >= 11 is 0. The fourth-order valence-corrected chi connectivity index (χ4v) is 2.39. The number of nitrogens with one attached hydrogen (secondary N) is 2. The van der Waals surface area contributed by atoms with E-state index in [0.717, 1.165) is 12.2 Å². The van der Waals surface area contributed by atoms with E-state index in [-0.39, 0.29) is 12.3 Å². The number of aromatic nitrogens is 3. The Kier molecular flexibility index (Phi) is 8.25. The number of ether oxygens (including phenoxy) is 2. The summed E-state index contributed by atoms with van der Waals surface area (Å²) in [6.45, 7) is 3.35. The standard InChI is InChI=1S/C18H25F3N6O2/c1-13-25-26-16(27(13)2)12-24-17(22-9-6-10-28-3)23-11-14-7-4-5-8-15(14)29-18(19,20)21/h4-5,7-8H,6,9-12H2,1-3H3,(H2,22,23,24). The van der Waals surface area contributed by atoms with E-state index in [1.54, 1.807) is 19.2 Å².